The molecule has 1 saturated carbocycles. The van der Waals surface area contributed by atoms with E-state index in [1.54, 1.807) is 7.11 Å². The lowest BCUT2D eigenvalue weighted by molar-refractivity contribution is -0.137. The van der Waals surface area contributed by atoms with Gasteiger partial charge in [0.25, 0.3) is 0 Å². The fraction of sp³-hybridized carbons (Fsp3) is 0.818. The molecule has 0 unspecified atom stereocenters. The lowest BCUT2D eigenvalue weighted by Gasteiger charge is -2.32. The predicted octanol–water partition coefficient (Wildman–Crippen LogP) is 0.928. The van der Waals surface area contributed by atoms with Crippen LogP contribution in [0.1, 0.15) is 25.7 Å². The highest BCUT2D eigenvalue weighted by atomic mass is 16.5. The van der Waals surface area contributed by atoms with Crippen molar-refractivity contribution in [2.45, 2.75) is 31.8 Å². The van der Waals surface area contributed by atoms with Crippen molar-refractivity contribution in [3.8, 4) is 6.07 Å². The van der Waals surface area contributed by atoms with Gasteiger partial charge in [0.1, 0.15) is 5.41 Å². The van der Waals surface area contributed by atoms with E-state index in [1.807, 2.05) is 4.90 Å². The number of hydrogen-bond donors (Lipinski definition) is 0. The SMILES string of the molecule is COC1CCN(C(=O)C2(C#N)CC2)CC1. The molecule has 15 heavy (non-hydrogen) atoms. The molecule has 4 nitrogen and oxygen atoms in total. The molecular weight excluding hydrogens is 192 g/mol. The third-order valence-corrected chi connectivity index (χ3v) is 3.44. The molecule has 2 rings (SSSR count). The van der Waals surface area contributed by atoms with Gasteiger partial charge in [-0.25, -0.2) is 0 Å². The van der Waals surface area contributed by atoms with Gasteiger partial charge in [-0.15, -0.1) is 0 Å². The average molecular weight is 208 g/mol. The second kappa shape index (κ2) is 3.82. The maximum atomic E-state index is 12.0. The number of likely N-dealkylation sites (tertiary alicyclic amines) is 1. The van der Waals surface area contributed by atoms with Gasteiger partial charge in [-0.3, -0.25) is 4.79 Å². The van der Waals surface area contributed by atoms with E-state index in [1.165, 1.54) is 0 Å². The molecule has 1 heterocycles. The van der Waals surface area contributed by atoms with Gasteiger partial charge in [0.05, 0.1) is 12.2 Å². The Morgan fingerprint density at radius 3 is 2.47 bits per heavy atom. The average Bonchev–Trinajstić information content (AvgIpc) is 3.09. The van der Waals surface area contributed by atoms with Crippen molar-refractivity contribution in [1.82, 2.24) is 4.90 Å². The zero-order chi connectivity index (χ0) is 10.9. The van der Waals surface area contributed by atoms with Crippen LogP contribution < -0.4 is 0 Å². The van der Waals surface area contributed by atoms with Crippen LogP contribution in [0, 0.1) is 16.7 Å². The number of carbonyl (C=O) groups excluding carboxylic acids is 1. The Bertz CT molecular complexity index is 296. The first-order valence-electron chi connectivity index (χ1n) is 5.45. The summed E-state index contributed by atoms with van der Waals surface area (Å²) in [4.78, 5) is 13.8. The normalized spacial score (nSPS) is 24.7. The van der Waals surface area contributed by atoms with E-state index < -0.39 is 5.41 Å². The van der Waals surface area contributed by atoms with Crippen LogP contribution in [0.2, 0.25) is 0 Å². The molecule has 0 aromatic heterocycles. The number of amides is 1. The molecular formula is C11H16N2O2. The Morgan fingerprint density at radius 1 is 1.47 bits per heavy atom. The molecule has 0 aromatic carbocycles. The molecule has 2 fully saturated rings. The number of nitrogens with zero attached hydrogens (tertiary/aromatic N) is 2. The van der Waals surface area contributed by atoms with Gasteiger partial charge in [0.2, 0.25) is 5.91 Å². The predicted molar refractivity (Wildman–Crippen MR) is 53.9 cm³/mol. The number of rotatable bonds is 2. The largest absolute Gasteiger partial charge is 0.381 e. The standard InChI is InChI=1S/C11H16N2O2/c1-15-9-2-6-13(7-3-9)10(14)11(8-12)4-5-11/h9H,2-7H2,1H3. The monoisotopic (exact) mass is 208 g/mol. The van der Waals surface area contributed by atoms with Gasteiger partial charge in [-0.2, -0.15) is 5.26 Å². The Morgan fingerprint density at radius 2 is 2.07 bits per heavy atom. The second-order valence-corrected chi connectivity index (χ2v) is 4.42. The summed E-state index contributed by atoms with van der Waals surface area (Å²) in [6.07, 6.45) is 3.55. The maximum Gasteiger partial charge on any atom is 0.243 e. The Labute approximate surface area is 89.8 Å². The first-order valence-corrected chi connectivity index (χ1v) is 5.45. The number of ether oxygens (including phenoxy) is 1. The van der Waals surface area contributed by atoms with Crippen molar-refractivity contribution in [3.05, 3.63) is 0 Å². The molecule has 1 amide bonds. The fourth-order valence-corrected chi connectivity index (χ4v) is 2.10. The molecule has 0 bridgehead atoms. The topological polar surface area (TPSA) is 53.3 Å². The second-order valence-electron chi connectivity index (χ2n) is 4.42. The third-order valence-electron chi connectivity index (χ3n) is 3.44. The van der Waals surface area contributed by atoms with Crippen molar-refractivity contribution < 1.29 is 9.53 Å². The molecule has 1 saturated heterocycles. The fourth-order valence-electron chi connectivity index (χ4n) is 2.10. The van der Waals surface area contributed by atoms with Crippen LogP contribution >= 0.6 is 0 Å². The number of methoxy groups -OCH3 is 1. The summed E-state index contributed by atoms with van der Waals surface area (Å²) < 4.78 is 5.24. The molecule has 1 aliphatic heterocycles. The van der Waals surface area contributed by atoms with E-state index in [4.69, 9.17) is 10.00 Å². The van der Waals surface area contributed by atoms with Crippen LogP contribution in [0.25, 0.3) is 0 Å². The van der Waals surface area contributed by atoms with Gasteiger partial charge in [-0.05, 0) is 25.7 Å². The van der Waals surface area contributed by atoms with E-state index in [2.05, 4.69) is 6.07 Å². The molecule has 4 heteroatoms. The van der Waals surface area contributed by atoms with Crippen LogP contribution in [-0.2, 0) is 9.53 Å². The highest BCUT2D eigenvalue weighted by Gasteiger charge is 2.52. The van der Waals surface area contributed by atoms with Gasteiger partial charge in [-0.1, -0.05) is 0 Å². The van der Waals surface area contributed by atoms with Crippen molar-refractivity contribution in [3.63, 3.8) is 0 Å². The van der Waals surface area contributed by atoms with Gasteiger partial charge < -0.3 is 9.64 Å². The zero-order valence-corrected chi connectivity index (χ0v) is 9.03. The molecule has 1 aliphatic carbocycles. The Kier molecular flexibility index (Phi) is 2.66. The molecule has 2 aliphatic rings. The van der Waals surface area contributed by atoms with Crippen molar-refractivity contribution in [2.24, 2.45) is 5.41 Å². The van der Waals surface area contributed by atoms with E-state index in [-0.39, 0.29) is 12.0 Å². The smallest absolute Gasteiger partial charge is 0.243 e. The third kappa shape index (κ3) is 1.84. The van der Waals surface area contributed by atoms with Gasteiger partial charge in [0, 0.05) is 20.2 Å². The molecule has 0 spiro atoms. The van der Waals surface area contributed by atoms with E-state index in [0.717, 1.165) is 38.8 Å². The highest BCUT2D eigenvalue weighted by molar-refractivity contribution is 5.88. The van der Waals surface area contributed by atoms with Crippen LogP contribution in [0.5, 0.6) is 0 Å². The zero-order valence-electron chi connectivity index (χ0n) is 9.03. The summed E-state index contributed by atoms with van der Waals surface area (Å²) in [6, 6.07) is 2.15. The number of hydrogen-bond acceptors (Lipinski definition) is 3. The molecule has 0 N–H and O–H groups in total. The quantitative estimate of drug-likeness (QED) is 0.678. The number of nitriles is 1. The van der Waals surface area contributed by atoms with Crippen molar-refractivity contribution >= 4 is 5.91 Å². The van der Waals surface area contributed by atoms with Crippen LogP contribution in [0.3, 0.4) is 0 Å². The molecule has 0 radical (unpaired) electrons. The van der Waals surface area contributed by atoms with Crippen LogP contribution in [0.15, 0.2) is 0 Å². The minimum absolute atomic E-state index is 0.0413. The van der Waals surface area contributed by atoms with E-state index >= 15 is 0 Å². The number of carbonyl (C=O) groups is 1. The van der Waals surface area contributed by atoms with Gasteiger partial charge in [0.15, 0.2) is 0 Å². The minimum atomic E-state index is -0.653. The Hall–Kier alpha value is -1.08. The van der Waals surface area contributed by atoms with Crippen molar-refractivity contribution in [2.75, 3.05) is 20.2 Å². The summed E-state index contributed by atoms with van der Waals surface area (Å²) in [5.74, 6) is 0.0413. The molecule has 0 aromatic rings. The van der Waals surface area contributed by atoms with Gasteiger partial charge >= 0.3 is 0 Å². The Balaban J connectivity index is 1.91. The highest BCUT2D eigenvalue weighted by Crippen LogP contribution is 2.46. The maximum absolute atomic E-state index is 12.0. The minimum Gasteiger partial charge on any atom is -0.381 e. The molecule has 0 atom stereocenters. The van der Waals surface area contributed by atoms with Crippen LogP contribution in [0.4, 0.5) is 0 Å². The summed E-state index contributed by atoms with van der Waals surface area (Å²) in [5.41, 5.74) is -0.653. The summed E-state index contributed by atoms with van der Waals surface area (Å²) in [6.45, 7) is 1.47. The summed E-state index contributed by atoms with van der Waals surface area (Å²) >= 11 is 0. The number of piperidine rings is 1. The molecule has 82 valence electrons. The summed E-state index contributed by atoms with van der Waals surface area (Å²) in [5, 5.41) is 8.93. The lowest BCUT2D eigenvalue weighted by atomic mass is 10.0. The van der Waals surface area contributed by atoms with E-state index in [0.29, 0.717) is 0 Å². The van der Waals surface area contributed by atoms with Crippen molar-refractivity contribution in [1.29, 1.82) is 5.26 Å². The first kappa shape index (κ1) is 10.4. The van der Waals surface area contributed by atoms with E-state index in [9.17, 15) is 4.79 Å². The lowest BCUT2D eigenvalue weighted by Crippen LogP contribution is -2.43. The first-order chi connectivity index (χ1) is 7.22. The summed E-state index contributed by atoms with van der Waals surface area (Å²) in [7, 11) is 1.71. The van der Waals surface area contributed by atoms with Crippen LogP contribution in [-0.4, -0.2) is 37.1 Å².